The Labute approximate surface area is 176 Å². The molecule has 0 aromatic heterocycles. The van der Waals surface area contributed by atoms with E-state index in [4.69, 9.17) is 40.2 Å². The average Bonchev–Trinajstić information content (AvgIpc) is 2.56. The van der Waals surface area contributed by atoms with E-state index in [1.165, 1.54) is 0 Å². The fourth-order valence-corrected chi connectivity index (χ4v) is 2.93. The second kappa shape index (κ2) is 9.55. The zero-order valence-electron chi connectivity index (χ0n) is 14.1. The molecule has 0 radical (unpaired) electrons. The second-order valence-corrected chi connectivity index (χ2v) is 7.96. The molecular formula is C18H17BrCl2N2O2S. The highest BCUT2D eigenvalue weighted by Gasteiger charge is 2.12. The van der Waals surface area contributed by atoms with Crippen molar-refractivity contribution in [2.75, 3.05) is 11.9 Å². The lowest BCUT2D eigenvalue weighted by molar-refractivity contribution is 0.0977. The molecule has 138 valence electrons. The lowest BCUT2D eigenvalue weighted by atomic mass is 10.2. The van der Waals surface area contributed by atoms with Gasteiger partial charge in [0.05, 0.1) is 21.1 Å². The third-order valence-corrected chi connectivity index (χ3v) is 4.73. The van der Waals surface area contributed by atoms with E-state index >= 15 is 0 Å². The third kappa shape index (κ3) is 6.13. The molecule has 8 heteroatoms. The van der Waals surface area contributed by atoms with Gasteiger partial charge in [0.1, 0.15) is 5.75 Å². The summed E-state index contributed by atoms with van der Waals surface area (Å²) in [5.74, 6) is 0.764. The Hall–Kier alpha value is -1.34. The van der Waals surface area contributed by atoms with Gasteiger partial charge in [-0.1, -0.05) is 37.0 Å². The molecule has 2 aromatic carbocycles. The van der Waals surface area contributed by atoms with E-state index < -0.39 is 0 Å². The molecule has 0 unspecified atom stereocenters. The van der Waals surface area contributed by atoms with E-state index in [1.807, 2.05) is 0 Å². The Morgan fingerprint density at radius 2 is 1.92 bits per heavy atom. The van der Waals surface area contributed by atoms with Crippen LogP contribution in [0, 0.1) is 5.92 Å². The van der Waals surface area contributed by atoms with Gasteiger partial charge in [0.2, 0.25) is 0 Å². The highest BCUT2D eigenvalue weighted by atomic mass is 79.9. The van der Waals surface area contributed by atoms with Crippen LogP contribution in [0.2, 0.25) is 10.0 Å². The molecule has 4 nitrogen and oxygen atoms in total. The molecule has 0 aliphatic carbocycles. The van der Waals surface area contributed by atoms with Crippen LogP contribution in [0.4, 0.5) is 5.69 Å². The van der Waals surface area contributed by atoms with E-state index in [1.54, 1.807) is 36.4 Å². The Morgan fingerprint density at radius 3 is 2.54 bits per heavy atom. The van der Waals surface area contributed by atoms with Crippen molar-refractivity contribution in [3.8, 4) is 5.75 Å². The number of nitrogens with one attached hydrogen (secondary N) is 2. The summed E-state index contributed by atoms with van der Waals surface area (Å²) >= 11 is 20.4. The van der Waals surface area contributed by atoms with Gasteiger partial charge in [0, 0.05) is 11.3 Å². The van der Waals surface area contributed by atoms with E-state index in [0.29, 0.717) is 44.0 Å². The van der Waals surface area contributed by atoms with Crippen LogP contribution in [0.15, 0.2) is 40.9 Å². The number of ether oxygens (including phenoxy) is 1. The number of anilines is 1. The maximum Gasteiger partial charge on any atom is 0.257 e. The van der Waals surface area contributed by atoms with Gasteiger partial charge in [-0.05, 0) is 70.5 Å². The van der Waals surface area contributed by atoms with Crippen LogP contribution < -0.4 is 15.4 Å². The minimum absolute atomic E-state index is 0.157. The molecule has 2 rings (SSSR count). The number of hydrogen-bond donors (Lipinski definition) is 2. The average molecular weight is 476 g/mol. The topological polar surface area (TPSA) is 50.4 Å². The molecule has 0 aliphatic rings. The number of carbonyl (C=O) groups excluding carboxylic acids is 1. The minimum Gasteiger partial charge on any atom is -0.492 e. The monoisotopic (exact) mass is 474 g/mol. The number of amides is 1. The van der Waals surface area contributed by atoms with Crippen molar-refractivity contribution in [1.29, 1.82) is 0 Å². The van der Waals surface area contributed by atoms with Crippen molar-refractivity contribution in [1.82, 2.24) is 5.32 Å². The van der Waals surface area contributed by atoms with Gasteiger partial charge in [-0.15, -0.1) is 0 Å². The first-order valence-corrected chi connectivity index (χ1v) is 9.71. The molecule has 0 saturated carbocycles. The third-order valence-electron chi connectivity index (χ3n) is 3.17. The summed E-state index contributed by atoms with van der Waals surface area (Å²) in [5.41, 5.74) is 1.08. The largest absolute Gasteiger partial charge is 0.492 e. The van der Waals surface area contributed by atoms with Crippen LogP contribution in [0.3, 0.4) is 0 Å². The molecule has 26 heavy (non-hydrogen) atoms. The summed E-state index contributed by atoms with van der Waals surface area (Å²) < 4.78 is 6.38. The molecule has 0 heterocycles. The van der Waals surface area contributed by atoms with Gasteiger partial charge >= 0.3 is 0 Å². The van der Waals surface area contributed by atoms with E-state index in [9.17, 15) is 4.79 Å². The van der Waals surface area contributed by atoms with Gasteiger partial charge in [-0.25, -0.2) is 0 Å². The van der Waals surface area contributed by atoms with Gasteiger partial charge in [0.25, 0.3) is 5.91 Å². The van der Waals surface area contributed by atoms with Crippen LogP contribution in [-0.2, 0) is 0 Å². The fraction of sp³-hybridized carbons (Fsp3) is 0.222. The zero-order valence-corrected chi connectivity index (χ0v) is 18.0. The first kappa shape index (κ1) is 21.0. The maximum atomic E-state index is 12.3. The second-order valence-electron chi connectivity index (χ2n) is 5.89. The van der Waals surface area contributed by atoms with E-state index in [0.717, 1.165) is 0 Å². The van der Waals surface area contributed by atoms with Crippen molar-refractivity contribution < 1.29 is 9.53 Å². The Kier molecular flexibility index (Phi) is 7.70. The lowest BCUT2D eigenvalue weighted by Crippen LogP contribution is -2.34. The van der Waals surface area contributed by atoms with Crippen molar-refractivity contribution in [2.24, 2.45) is 5.92 Å². The summed E-state index contributed by atoms with van der Waals surface area (Å²) in [4.78, 5) is 12.3. The summed E-state index contributed by atoms with van der Waals surface area (Å²) in [6, 6.07) is 10.1. The fourth-order valence-electron chi connectivity index (χ4n) is 1.93. The van der Waals surface area contributed by atoms with E-state index in [-0.39, 0.29) is 11.0 Å². The smallest absolute Gasteiger partial charge is 0.257 e. The molecule has 0 bridgehead atoms. The van der Waals surface area contributed by atoms with Crippen molar-refractivity contribution in [3.63, 3.8) is 0 Å². The number of halogens is 3. The lowest BCUT2D eigenvalue weighted by Gasteiger charge is -2.13. The van der Waals surface area contributed by atoms with Gasteiger partial charge < -0.3 is 10.1 Å². The van der Waals surface area contributed by atoms with Crippen LogP contribution in [-0.4, -0.2) is 17.6 Å². The minimum atomic E-state index is -0.335. The number of hydrogen-bond acceptors (Lipinski definition) is 3. The van der Waals surface area contributed by atoms with Gasteiger partial charge in [-0.3, -0.25) is 10.1 Å². The molecular weight excluding hydrogens is 459 g/mol. The zero-order chi connectivity index (χ0) is 19.3. The number of carbonyl (C=O) groups is 1. The maximum absolute atomic E-state index is 12.3. The summed E-state index contributed by atoms with van der Waals surface area (Å²) in [6.45, 7) is 4.73. The Balaban J connectivity index is 1.99. The molecule has 0 fully saturated rings. The highest BCUT2D eigenvalue weighted by Crippen LogP contribution is 2.27. The van der Waals surface area contributed by atoms with Crippen LogP contribution in [0.25, 0.3) is 0 Å². The first-order valence-electron chi connectivity index (χ1n) is 7.76. The predicted octanol–water partition coefficient (Wildman–Crippen LogP) is 5.92. The summed E-state index contributed by atoms with van der Waals surface area (Å²) in [6.07, 6.45) is 0. The van der Waals surface area contributed by atoms with Gasteiger partial charge in [-0.2, -0.15) is 0 Å². The molecule has 0 atom stereocenters. The van der Waals surface area contributed by atoms with Crippen molar-refractivity contribution in [2.45, 2.75) is 13.8 Å². The number of thiocarbonyl (C=S) groups is 1. The molecule has 1 amide bonds. The summed E-state index contributed by atoms with van der Waals surface area (Å²) in [5, 5.41) is 6.50. The van der Waals surface area contributed by atoms with Crippen molar-refractivity contribution >= 4 is 68.1 Å². The molecule has 0 spiro atoms. The Bertz CT molecular complexity index is 831. The molecule has 0 saturated heterocycles. The van der Waals surface area contributed by atoms with Crippen LogP contribution in [0.1, 0.15) is 24.2 Å². The predicted molar refractivity (Wildman–Crippen MR) is 115 cm³/mol. The van der Waals surface area contributed by atoms with Crippen molar-refractivity contribution in [3.05, 3.63) is 56.5 Å². The quantitative estimate of drug-likeness (QED) is 0.527. The SMILES string of the molecule is CC(C)COc1ccc(C(=O)NC(=S)Nc2ccc(Cl)c(Cl)c2)cc1Br. The molecule has 2 N–H and O–H groups in total. The molecule has 0 aliphatic heterocycles. The summed E-state index contributed by atoms with van der Waals surface area (Å²) in [7, 11) is 0. The Morgan fingerprint density at radius 1 is 1.19 bits per heavy atom. The van der Waals surface area contributed by atoms with E-state index in [2.05, 4.69) is 40.4 Å². The van der Waals surface area contributed by atoms with Crippen LogP contribution >= 0.6 is 51.3 Å². The standard InChI is InChI=1S/C18H17BrCl2N2O2S/c1-10(2)9-25-16-6-3-11(7-13(16)19)17(24)23-18(26)22-12-4-5-14(20)15(21)8-12/h3-8,10H,9H2,1-2H3,(H2,22,23,24,26). The number of benzene rings is 2. The highest BCUT2D eigenvalue weighted by molar-refractivity contribution is 9.10. The number of rotatable bonds is 5. The first-order chi connectivity index (χ1) is 12.3. The normalized spacial score (nSPS) is 10.5. The van der Waals surface area contributed by atoms with Gasteiger partial charge in [0.15, 0.2) is 5.11 Å². The molecule has 2 aromatic rings. The van der Waals surface area contributed by atoms with Crippen LogP contribution in [0.5, 0.6) is 5.75 Å².